The molecule has 0 atom stereocenters. The molecule has 0 saturated carbocycles. The van der Waals surface area contributed by atoms with Gasteiger partial charge in [0.25, 0.3) is 0 Å². The molecular weight excluding hydrogens is 502 g/mol. The molecule has 2 fully saturated rings. The van der Waals surface area contributed by atoms with Gasteiger partial charge in [0.15, 0.2) is 0 Å². The van der Waals surface area contributed by atoms with Gasteiger partial charge in [0.1, 0.15) is 5.75 Å². The van der Waals surface area contributed by atoms with E-state index in [9.17, 15) is 5.11 Å². The monoisotopic (exact) mass is 526 g/mol. The van der Waals surface area contributed by atoms with Crippen LogP contribution in [0, 0.1) is 19.0 Å². The third-order valence-electron chi connectivity index (χ3n) is 5.18. The number of phenols is 1. The Morgan fingerprint density at radius 1 is 1.05 bits per heavy atom. The molecule has 0 amide bonds. The minimum absolute atomic E-state index is 0.474. The molecule has 3 nitrogen and oxygen atoms in total. The van der Waals surface area contributed by atoms with Crippen molar-refractivity contribution >= 4 is 45.2 Å². The van der Waals surface area contributed by atoms with E-state index in [4.69, 9.17) is 0 Å². The minimum Gasteiger partial charge on any atom is -0.507 e. The molecule has 22 heavy (non-hydrogen) atoms. The fourth-order valence-corrected chi connectivity index (χ4v) is 5.84. The highest BCUT2D eigenvalue weighted by Gasteiger charge is 2.27. The Morgan fingerprint density at radius 3 is 2.36 bits per heavy atom. The van der Waals surface area contributed by atoms with E-state index in [1.807, 2.05) is 6.07 Å². The van der Waals surface area contributed by atoms with Gasteiger partial charge in [-0.1, -0.05) is 0 Å². The number of benzene rings is 1. The summed E-state index contributed by atoms with van der Waals surface area (Å²) in [4.78, 5) is 2.51. The maximum absolute atomic E-state index is 10.3. The van der Waals surface area contributed by atoms with E-state index in [0.29, 0.717) is 5.75 Å². The van der Waals surface area contributed by atoms with Crippen molar-refractivity contribution in [3.05, 3.63) is 24.8 Å². The van der Waals surface area contributed by atoms with Crippen LogP contribution in [0.1, 0.15) is 31.2 Å². The van der Waals surface area contributed by atoms with Crippen LogP contribution >= 0.6 is 45.2 Å². The van der Waals surface area contributed by atoms with Gasteiger partial charge < -0.3 is 10.4 Å². The molecule has 0 unspecified atom stereocenters. The second-order valence-corrected chi connectivity index (χ2v) is 9.00. The quantitative estimate of drug-likeness (QED) is 0.589. The summed E-state index contributed by atoms with van der Waals surface area (Å²) in [5.41, 5.74) is 1.08. The summed E-state index contributed by atoms with van der Waals surface area (Å²) in [6, 6.07) is 4.15. The Morgan fingerprint density at radius 2 is 1.68 bits per heavy atom. The SMILES string of the molecule is Oc1c(I)cc(I)cc1CN1CCC(C2CCNCC2)CC1. The van der Waals surface area contributed by atoms with Gasteiger partial charge in [-0.15, -0.1) is 0 Å². The van der Waals surface area contributed by atoms with Crippen molar-refractivity contribution in [1.82, 2.24) is 10.2 Å². The summed E-state index contributed by atoms with van der Waals surface area (Å²) in [5.74, 6) is 2.33. The summed E-state index contributed by atoms with van der Waals surface area (Å²) in [6.45, 7) is 5.66. The van der Waals surface area contributed by atoms with E-state index in [-0.39, 0.29) is 0 Å². The summed E-state index contributed by atoms with van der Waals surface area (Å²) < 4.78 is 2.17. The second kappa shape index (κ2) is 7.98. The fourth-order valence-electron chi connectivity index (χ4n) is 3.88. The van der Waals surface area contributed by atoms with Gasteiger partial charge in [-0.25, -0.2) is 0 Å². The van der Waals surface area contributed by atoms with Crippen LogP contribution in [0.25, 0.3) is 0 Å². The number of aromatic hydroxyl groups is 1. The van der Waals surface area contributed by atoms with Crippen molar-refractivity contribution < 1.29 is 5.11 Å². The zero-order valence-corrected chi connectivity index (χ0v) is 17.1. The molecule has 2 N–H and O–H groups in total. The first-order chi connectivity index (χ1) is 10.6. The maximum atomic E-state index is 10.3. The molecular formula is C17H24I2N2O. The van der Waals surface area contributed by atoms with Gasteiger partial charge in [0.05, 0.1) is 3.57 Å². The number of halogens is 2. The van der Waals surface area contributed by atoms with Crippen LogP contribution in [0.5, 0.6) is 5.75 Å². The molecule has 5 heteroatoms. The summed E-state index contributed by atoms with van der Waals surface area (Å²) in [5, 5.41) is 13.7. The molecule has 1 aromatic carbocycles. The summed E-state index contributed by atoms with van der Waals surface area (Å²) in [7, 11) is 0. The third-order valence-corrected chi connectivity index (χ3v) is 6.63. The molecule has 1 aromatic rings. The van der Waals surface area contributed by atoms with Gasteiger partial charge in [-0.05, 0) is 121 Å². The van der Waals surface area contributed by atoms with Crippen LogP contribution < -0.4 is 5.32 Å². The maximum Gasteiger partial charge on any atom is 0.133 e. The van der Waals surface area contributed by atoms with Gasteiger partial charge in [-0.2, -0.15) is 0 Å². The fraction of sp³-hybridized carbons (Fsp3) is 0.647. The number of rotatable bonds is 3. The van der Waals surface area contributed by atoms with Crippen molar-refractivity contribution in [1.29, 1.82) is 0 Å². The normalized spacial score (nSPS) is 22.1. The first kappa shape index (κ1) is 17.2. The van der Waals surface area contributed by atoms with Crippen molar-refractivity contribution in [2.75, 3.05) is 26.2 Å². The highest BCUT2D eigenvalue weighted by molar-refractivity contribution is 14.1. The van der Waals surface area contributed by atoms with Crippen LogP contribution in [0.4, 0.5) is 0 Å². The lowest BCUT2D eigenvalue weighted by atomic mass is 9.79. The Balaban J connectivity index is 1.56. The first-order valence-electron chi connectivity index (χ1n) is 8.23. The third kappa shape index (κ3) is 4.27. The lowest BCUT2D eigenvalue weighted by Crippen LogP contribution is -2.39. The number of likely N-dealkylation sites (tertiary alicyclic amines) is 1. The van der Waals surface area contributed by atoms with Crippen LogP contribution in [0.2, 0.25) is 0 Å². The van der Waals surface area contributed by atoms with E-state index in [2.05, 4.69) is 61.5 Å². The number of hydrogen-bond donors (Lipinski definition) is 2. The van der Waals surface area contributed by atoms with Crippen LogP contribution in [-0.4, -0.2) is 36.2 Å². The number of phenolic OH excluding ortho intramolecular Hbond substituents is 1. The standard InChI is InChI=1S/C17H24I2N2O/c18-15-9-14(17(22)16(19)10-15)11-21-7-3-13(4-8-21)12-1-5-20-6-2-12/h9-10,12-13,20,22H,1-8,11H2. The van der Waals surface area contributed by atoms with Crippen LogP contribution in [-0.2, 0) is 6.54 Å². The highest BCUT2D eigenvalue weighted by Crippen LogP contribution is 2.33. The van der Waals surface area contributed by atoms with Crippen molar-refractivity contribution in [2.24, 2.45) is 11.8 Å². The molecule has 0 radical (unpaired) electrons. The summed E-state index contributed by atoms with van der Waals surface area (Å²) >= 11 is 4.56. The average Bonchev–Trinajstić information content (AvgIpc) is 2.54. The lowest BCUT2D eigenvalue weighted by molar-refractivity contribution is 0.125. The molecule has 2 aliphatic rings. The molecule has 0 aromatic heterocycles. The summed E-state index contributed by atoms with van der Waals surface area (Å²) in [6.07, 6.45) is 5.37. The lowest BCUT2D eigenvalue weighted by Gasteiger charge is -2.38. The topological polar surface area (TPSA) is 35.5 Å². The van der Waals surface area contributed by atoms with Crippen molar-refractivity contribution in [3.63, 3.8) is 0 Å². The molecule has 0 spiro atoms. The Labute approximate surface area is 160 Å². The average molecular weight is 526 g/mol. The number of nitrogens with zero attached hydrogens (tertiary/aromatic N) is 1. The predicted octanol–water partition coefficient (Wildman–Crippen LogP) is 3.81. The van der Waals surface area contributed by atoms with Crippen molar-refractivity contribution in [2.45, 2.75) is 32.2 Å². The van der Waals surface area contributed by atoms with Crippen LogP contribution in [0.15, 0.2) is 12.1 Å². The first-order valence-corrected chi connectivity index (χ1v) is 10.4. The largest absolute Gasteiger partial charge is 0.507 e. The van der Waals surface area contributed by atoms with Gasteiger partial charge in [-0.3, -0.25) is 4.90 Å². The predicted molar refractivity (Wildman–Crippen MR) is 107 cm³/mol. The molecule has 2 heterocycles. The number of hydrogen-bond acceptors (Lipinski definition) is 3. The van der Waals surface area contributed by atoms with E-state index in [1.54, 1.807) is 0 Å². The zero-order valence-electron chi connectivity index (χ0n) is 12.8. The van der Waals surface area contributed by atoms with E-state index >= 15 is 0 Å². The molecule has 0 aliphatic carbocycles. The molecule has 3 rings (SSSR count). The smallest absolute Gasteiger partial charge is 0.133 e. The second-order valence-electron chi connectivity index (χ2n) is 6.60. The zero-order chi connectivity index (χ0) is 15.5. The Bertz CT molecular complexity index is 510. The van der Waals surface area contributed by atoms with E-state index < -0.39 is 0 Å². The Kier molecular flexibility index (Phi) is 6.25. The van der Waals surface area contributed by atoms with Gasteiger partial charge in [0, 0.05) is 15.7 Å². The molecule has 2 aliphatic heterocycles. The minimum atomic E-state index is 0.474. The molecule has 122 valence electrons. The number of nitrogens with one attached hydrogen (secondary N) is 1. The molecule has 2 saturated heterocycles. The van der Waals surface area contributed by atoms with Gasteiger partial charge >= 0.3 is 0 Å². The Hall–Kier alpha value is 0.400. The van der Waals surface area contributed by atoms with E-state index in [1.165, 1.54) is 55.4 Å². The van der Waals surface area contributed by atoms with Crippen LogP contribution in [0.3, 0.4) is 0 Å². The van der Waals surface area contributed by atoms with E-state index in [0.717, 1.165) is 27.5 Å². The van der Waals surface area contributed by atoms with Gasteiger partial charge in [0.2, 0.25) is 0 Å². The van der Waals surface area contributed by atoms with Crippen molar-refractivity contribution in [3.8, 4) is 5.75 Å². The molecule has 0 bridgehead atoms. The number of piperidine rings is 2. The highest BCUT2D eigenvalue weighted by atomic mass is 127.